The van der Waals surface area contributed by atoms with E-state index in [-0.39, 0.29) is 45.9 Å². The van der Waals surface area contributed by atoms with E-state index in [1.807, 2.05) is 27.7 Å². The summed E-state index contributed by atoms with van der Waals surface area (Å²) in [5.41, 5.74) is 5.90. The molecule has 5 nitrogen and oxygen atoms in total. The van der Waals surface area contributed by atoms with Crippen LogP contribution in [-0.4, -0.2) is 28.2 Å². The van der Waals surface area contributed by atoms with Crippen molar-refractivity contribution < 1.29 is 15.0 Å². The molecule has 1 aromatic rings. The highest BCUT2D eigenvalue weighted by Crippen LogP contribution is 2.52. The molecule has 0 atom stereocenters. The summed E-state index contributed by atoms with van der Waals surface area (Å²) >= 11 is 0. The summed E-state index contributed by atoms with van der Waals surface area (Å²) in [6, 6.07) is 3.84. The second-order valence-electron chi connectivity index (χ2n) is 6.73. The minimum atomic E-state index is -0.361. The van der Waals surface area contributed by atoms with Crippen molar-refractivity contribution in [3.8, 4) is 11.5 Å². The molecule has 0 unspecified atom stereocenters. The van der Waals surface area contributed by atoms with Gasteiger partial charge in [-0.05, 0) is 12.1 Å². The fourth-order valence-electron chi connectivity index (χ4n) is 3.47. The van der Waals surface area contributed by atoms with E-state index in [4.69, 9.17) is 5.73 Å². The number of hydrogen-bond acceptors (Lipinski definition) is 4. The van der Waals surface area contributed by atoms with Crippen molar-refractivity contribution in [2.45, 2.75) is 39.8 Å². The van der Waals surface area contributed by atoms with Gasteiger partial charge in [0, 0.05) is 29.0 Å². The molecule has 1 saturated carbocycles. The zero-order valence-electron chi connectivity index (χ0n) is 12.3. The SMILES string of the molecule is CC1(C)C(N)C(C)(C)C1NC(=O)c1ccc(O)cc1O. The fourth-order valence-corrected chi connectivity index (χ4v) is 3.47. The molecule has 1 aliphatic carbocycles. The maximum absolute atomic E-state index is 12.3. The summed E-state index contributed by atoms with van der Waals surface area (Å²) in [5, 5.41) is 21.9. The number of carbonyl (C=O) groups excluding carboxylic acids is 1. The highest BCUT2D eigenvalue weighted by Gasteiger charge is 2.60. The first-order chi connectivity index (χ1) is 9.08. The van der Waals surface area contributed by atoms with Crippen molar-refractivity contribution in [2.24, 2.45) is 16.6 Å². The Kier molecular flexibility index (Phi) is 3.21. The van der Waals surface area contributed by atoms with Gasteiger partial charge < -0.3 is 21.3 Å². The third-order valence-electron chi connectivity index (χ3n) is 4.59. The van der Waals surface area contributed by atoms with Crippen molar-refractivity contribution in [1.29, 1.82) is 0 Å². The first-order valence-electron chi connectivity index (χ1n) is 6.67. The number of carbonyl (C=O) groups is 1. The molecule has 2 rings (SSSR count). The fraction of sp³-hybridized carbons (Fsp3) is 0.533. The number of rotatable bonds is 2. The summed E-state index contributed by atoms with van der Waals surface area (Å²) in [6.45, 7) is 8.07. The second-order valence-corrected chi connectivity index (χ2v) is 6.73. The van der Waals surface area contributed by atoms with Crippen LogP contribution in [0.25, 0.3) is 0 Å². The smallest absolute Gasteiger partial charge is 0.255 e. The Morgan fingerprint density at radius 2 is 1.75 bits per heavy atom. The van der Waals surface area contributed by atoms with Crippen LogP contribution in [0.1, 0.15) is 38.1 Å². The standard InChI is InChI=1S/C15H22N2O3/c1-14(2)12(16)15(3,4)13(14)17-11(20)9-6-5-8(18)7-10(9)19/h5-7,12-13,18-19H,16H2,1-4H3,(H,17,20). The topological polar surface area (TPSA) is 95.6 Å². The average Bonchev–Trinajstić information content (AvgIpc) is 2.34. The Bertz CT molecular complexity index is 536. The van der Waals surface area contributed by atoms with Gasteiger partial charge in [0.1, 0.15) is 11.5 Å². The molecule has 5 heteroatoms. The highest BCUT2D eigenvalue weighted by atomic mass is 16.3. The molecule has 5 N–H and O–H groups in total. The predicted octanol–water partition coefficient (Wildman–Crippen LogP) is 1.59. The number of nitrogens with one attached hydrogen (secondary N) is 1. The van der Waals surface area contributed by atoms with Crippen LogP contribution in [0.2, 0.25) is 0 Å². The van der Waals surface area contributed by atoms with Crippen LogP contribution in [0.4, 0.5) is 0 Å². The van der Waals surface area contributed by atoms with Gasteiger partial charge in [0.15, 0.2) is 0 Å². The van der Waals surface area contributed by atoms with Crippen LogP contribution in [0.5, 0.6) is 11.5 Å². The molecule has 0 radical (unpaired) electrons. The molecule has 0 saturated heterocycles. The van der Waals surface area contributed by atoms with E-state index in [1.165, 1.54) is 12.1 Å². The number of aromatic hydroxyl groups is 2. The minimum absolute atomic E-state index is 0.00582. The molecule has 1 aliphatic rings. The lowest BCUT2D eigenvalue weighted by atomic mass is 9.48. The van der Waals surface area contributed by atoms with Crippen LogP contribution < -0.4 is 11.1 Å². The lowest BCUT2D eigenvalue weighted by Crippen LogP contribution is -2.76. The Labute approximate surface area is 118 Å². The van der Waals surface area contributed by atoms with E-state index in [2.05, 4.69) is 5.32 Å². The molecule has 110 valence electrons. The quantitative estimate of drug-likeness (QED) is 0.660. The summed E-state index contributed by atoms with van der Waals surface area (Å²) in [5.74, 6) is -0.673. The summed E-state index contributed by atoms with van der Waals surface area (Å²) in [4.78, 5) is 12.3. The first kappa shape index (κ1) is 14.7. The van der Waals surface area contributed by atoms with Crippen LogP contribution in [0.15, 0.2) is 18.2 Å². The Morgan fingerprint density at radius 3 is 2.25 bits per heavy atom. The zero-order chi connectivity index (χ0) is 15.3. The summed E-state index contributed by atoms with van der Waals surface area (Å²) in [7, 11) is 0. The molecule has 0 aliphatic heterocycles. The largest absolute Gasteiger partial charge is 0.508 e. The predicted molar refractivity (Wildman–Crippen MR) is 76.6 cm³/mol. The third-order valence-corrected chi connectivity index (χ3v) is 4.59. The number of amides is 1. The van der Waals surface area contributed by atoms with Gasteiger partial charge in [0.05, 0.1) is 5.56 Å². The van der Waals surface area contributed by atoms with Gasteiger partial charge >= 0.3 is 0 Å². The minimum Gasteiger partial charge on any atom is -0.508 e. The highest BCUT2D eigenvalue weighted by molar-refractivity contribution is 5.97. The summed E-state index contributed by atoms with van der Waals surface area (Å²) in [6.07, 6.45) is 0. The summed E-state index contributed by atoms with van der Waals surface area (Å²) < 4.78 is 0. The molecular weight excluding hydrogens is 256 g/mol. The Balaban J connectivity index is 2.20. The van der Waals surface area contributed by atoms with Crippen molar-refractivity contribution in [3.05, 3.63) is 23.8 Å². The number of phenolic OH excluding ortho intramolecular Hbond substituents is 2. The van der Waals surface area contributed by atoms with Gasteiger partial charge in [-0.1, -0.05) is 27.7 Å². The number of benzene rings is 1. The number of hydrogen-bond donors (Lipinski definition) is 4. The molecule has 1 amide bonds. The molecule has 0 spiro atoms. The van der Waals surface area contributed by atoms with Gasteiger partial charge in [-0.15, -0.1) is 0 Å². The number of phenols is 2. The van der Waals surface area contributed by atoms with Crippen LogP contribution >= 0.6 is 0 Å². The van der Waals surface area contributed by atoms with Crippen LogP contribution in [0.3, 0.4) is 0 Å². The third kappa shape index (κ3) is 2.02. The van der Waals surface area contributed by atoms with Gasteiger partial charge in [-0.25, -0.2) is 0 Å². The van der Waals surface area contributed by atoms with Crippen molar-refractivity contribution in [1.82, 2.24) is 5.32 Å². The van der Waals surface area contributed by atoms with Gasteiger partial charge in [0.2, 0.25) is 0 Å². The monoisotopic (exact) mass is 278 g/mol. The van der Waals surface area contributed by atoms with Gasteiger partial charge in [0.25, 0.3) is 5.91 Å². The molecular formula is C15H22N2O3. The normalized spacial score (nSPS) is 26.6. The van der Waals surface area contributed by atoms with E-state index in [0.717, 1.165) is 6.07 Å². The molecule has 20 heavy (non-hydrogen) atoms. The van der Waals surface area contributed by atoms with Crippen LogP contribution in [0, 0.1) is 10.8 Å². The molecule has 0 bridgehead atoms. The Morgan fingerprint density at radius 1 is 1.20 bits per heavy atom. The lowest BCUT2D eigenvalue weighted by Gasteiger charge is -2.62. The van der Waals surface area contributed by atoms with Crippen LogP contribution in [-0.2, 0) is 0 Å². The van der Waals surface area contributed by atoms with E-state index >= 15 is 0 Å². The van der Waals surface area contributed by atoms with Crippen molar-refractivity contribution >= 4 is 5.91 Å². The van der Waals surface area contributed by atoms with Gasteiger partial charge in [-0.3, -0.25) is 4.79 Å². The average molecular weight is 278 g/mol. The maximum Gasteiger partial charge on any atom is 0.255 e. The molecule has 1 fully saturated rings. The van der Waals surface area contributed by atoms with E-state index in [1.54, 1.807) is 0 Å². The maximum atomic E-state index is 12.3. The van der Waals surface area contributed by atoms with E-state index < -0.39 is 0 Å². The van der Waals surface area contributed by atoms with E-state index in [9.17, 15) is 15.0 Å². The van der Waals surface area contributed by atoms with Crippen molar-refractivity contribution in [2.75, 3.05) is 0 Å². The Hall–Kier alpha value is -1.75. The van der Waals surface area contributed by atoms with Gasteiger partial charge in [-0.2, -0.15) is 0 Å². The van der Waals surface area contributed by atoms with E-state index in [0.29, 0.717) is 0 Å². The molecule has 0 heterocycles. The van der Waals surface area contributed by atoms with Crippen molar-refractivity contribution in [3.63, 3.8) is 0 Å². The zero-order valence-corrected chi connectivity index (χ0v) is 12.3. The lowest BCUT2D eigenvalue weighted by molar-refractivity contribution is -0.0663. The molecule has 1 aromatic carbocycles. The first-order valence-corrected chi connectivity index (χ1v) is 6.67. The molecule has 0 aromatic heterocycles. The second kappa shape index (κ2) is 4.38. The number of nitrogens with two attached hydrogens (primary N) is 1.